The molecule has 0 saturated heterocycles. The molecule has 4 heteroatoms. The second kappa shape index (κ2) is 8.15. The number of benzene rings is 1. The van der Waals surface area contributed by atoms with Gasteiger partial charge in [0.1, 0.15) is 0 Å². The second-order valence-electron chi connectivity index (χ2n) is 5.52. The Hall–Kier alpha value is -1.39. The molecule has 0 unspecified atom stereocenters. The summed E-state index contributed by atoms with van der Waals surface area (Å²) in [6, 6.07) is 7.24. The Bertz CT molecular complexity index is 540. The predicted octanol–water partition coefficient (Wildman–Crippen LogP) is 4.25. The monoisotopic (exact) mass is 307 g/mol. The van der Waals surface area contributed by atoms with Crippen molar-refractivity contribution in [1.82, 2.24) is 5.32 Å². The molecule has 2 nitrogen and oxygen atoms in total. The van der Waals surface area contributed by atoms with E-state index in [2.05, 4.69) is 30.6 Å². The van der Waals surface area contributed by atoms with Crippen LogP contribution in [0.5, 0.6) is 5.75 Å². The van der Waals surface area contributed by atoms with Gasteiger partial charge in [-0.15, -0.1) is 0 Å². The van der Waals surface area contributed by atoms with Crippen molar-refractivity contribution in [3.05, 3.63) is 52.0 Å². The van der Waals surface area contributed by atoms with Gasteiger partial charge in [-0.25, -0.2) is 4.39 Å². The van der Waals surface area contributed by atoms with Crippen LogP contribution in [0.4, 0.5) is 4.39 Å². The van der Waals surface area contributed by atoms with E-state index in [0.29, 0.717) is 24.8 Å². The number of rotatable bonds is 8. The van der Waals surface area contributed by atoms with E-state index in [1.54, 1.807) is 23.5 Å². The van der Waals surface area contributed by atoms with Crippen LogP contribution in [0.3, 0.4) is 0 Å². The lowest BCUT2D eigenvalue weighted by Crippen LogP contribution is -2.19. The van der Waals surface area contributed by atoms with Crippen LogP contribution in [0.1, 0.15) is 25.0 Å². The molecule has 21 heavy (non-hydrogen) atoms. The van der Waals surface area contributed by atoms with Crippen LogP contribution >= 0.6 is 11.3 Å². The Labute approximate surface area is 130 Å². The van der Waals surface area contributed by atoms with Gasteiger partial charge < -0.3 is 10.1 Å². The zero-order chi connectivity index (χ0) is 15.1. The molecule has 0 saturated carbocycles. The summed E-state index contributed by atoms with van der Waals surface area (Å²) in [4.78, 5) is 0. The highest BCUT2D eigenvalue weighted by molar-refractivity contribution is 7.07. The fraction of sp³-hybridized carbons (Fsp3) is 0.412. The zero-order valence-electron chi connectivity index (χ0n) is 12.6. The predicted molar refractivity (Wildman–Crippen MR) is 86.5 cm³/mol. The maximum absolute atomic E-state index is 14.0. The van der Waals surface area contributed by atoms with Crippen LogP contribution in [0.15, 0.2) is 35.0 Å². The Morgan fingerprint density at radius 1 is 1.24 bits per heavy atom. The molecule has 1 heterocycles. The average Bonchev–Trinajstić information content (AvgIpc) is 2.94. The second-order valence-corrected chi connectivity index (χ2v) is 6.30. The highest BCUT2D eigenvalue weighted by Gasteiger charge is 2.05. The minimum atomic E-state index is -0.288. The van der Waals surface area contributed by atoms with E-state index in [0.717, 1.165) is 18.5 Å². The van der Waals surface area contributed by atoms with E-state index >= 15 is 0 Å². The first-order valence-corrected chi connectivity index (χ1v) is 8.22. The Kier molecular flexibility index (Phi) is 6.21. The molecule has 114 valence electrons. The van der Waals surface area contributed by atoms with Gasteiger partial charge in [0.2, 0.25) is 0 Å². The fourth-order valence-electron chi connectivity index (χ4n) is 1.99. The van der Waals surface area contributed by atoms with Crippen molar-refractivity contribution in [3.63, 3.8) is 0 Å². The molecule has 1 N–H and O–H groups in total. The summed E-state index contributed by atoms with van der Waals surface area (Å²) >= 11 is 1.66. The lowest BCUT2D eigenvalue weighted by Gasteiger charge is -2.10. The van der Waals surface area contributed by atoms with Crippen molar-refractivity contribution in [3.8, 4) is 5.75 Å². The smallest absolute Gasteiger partial charge is 0.165 e. The van der Waals surface area contributed by atoms with Crippen LogP contribution in [0, 0.1) is 11.7 Å². The van der Waals surface area contributed by atoms with Crippen molar-refractivity contribution in [1.29, 1.82) is 0 Å². The summed E-state index contributed by atoms with van der Waals surface area (Å²) < 4.78 is 19.5. The maximum atomic E-state index is 14.0. The van der Waals surface area contributed by atoms with Gasteiger partial charge in [-0.1, -0.05) is 19.9 Å². The number of ether oxygens (including phenoxy) is 1. The molecular formula is C17H22FNOS. The molecule has 0 aliphatic heterocycles. The summed E-state index contributed by atoms with van der Waals surface area (Å²) in [5.41, 5.74) is 2.17. The van der Waals surface area contributed by atoms with Crippen LogP contribution in [-0.4, -0.2) is 13.2 Å². The van der Waals surface area contributed by atoms with Crippen molar-refractivity contribution in [2.75, 3.05) is 13.2 Å². The molecule has 0 fully saturated rings. The third kappa shape index (κ3) is 5.48. The highest BCUT2D eigenvalue weighted by Crippen LogP contribution is 2.19. The van der Waals surface area contributed by atoms with E-state index in [9.17, 15) is 4.39 Å². The summed E-state index contributed by atoms with van der Waals surface area (Å²) in [6.07, 6.45) is 0.806. The quantitative estimate of drug-likeness (QED) is 0.787. The molecule has 2 rings (SSSR count). The number of nitrogens with one attached hydrogen (secondary N) is 1. The van der Waals surface area contributed by atoms with Crippen LogP contribution in [-0.2, 0) is 13.0 Å². The first-order valence-electron chi connectivity index (χ1n) is 7.28. The number of halogens is 1. The van der Waals surface area contributed by atoms with Gasteiger partial charge in [-0.2, -0.15) is 11.3 Å². The highest BCUT2D eigenvalue weighted by atomic mass is 32.1. The number of hydrogen-bond acceptors (Lipinski definition) is 3. The number of thiophene rings is 1. The van der Waals surface area contributed by atoms with E-state index in [1.807, 2.05) is 11.4 Å². The summed E-state index contributed by atoms with van der Waals surface area (Å²) in [5.74, 6) is 0.636. The Morgan fingerprint density at radius 2 is 2.10 bits per heavy atom. The molecule has 1 aromatic heterocycles. The summed E-state index contributed by atoms with van der Waals surface area (Å²) in [6.45, 7) is 6.42. The Morgan fingerprint density at radius 3 is 2.76 bits per heavy atom. The fourth-order valence-corrected chi connectivity index (χ4v) is 2.69. The zero-order valence-corrected chi connectivity index (χ0v) is 13.4. The van der Waals surface area contributed by atoms with Crippen molar-refractivity contribution < 1.29 is 9.13 Å². The van der Waals surface area contributed by atoms with Gasteiger partial charge in [0.05, 0.1) is 6.61 Å². The topological polar surface area (TPSA) is 21.3 Å². The van der Waals surface area contributed by atoms with Crippen molar-refractivity contribution in [2.24, 2.45) is 5.92 Å². The first-order chi connectivity index (χ1) is 10.1. The third-order valence-corrected chi connectivity index (χ3v) is 3.84. The molecule has 0 atom stereocenters. The van der Waals surface area contributed by atoms with Gasteiger partial charge in [0.25, 0.3) is 0 Å². The van der Waals surface area contributed by atoms with E-state index < -0.39 is 0 Å². The van der Waals surface area contributed by atoms with Crippen LogP contribution in [0.2, 0.25) is 0 Å². The molecule has 0 bridgehead atoms. The summed E-state index contributed by atoms with van der Waals surface area (Å²) in [7, 11) is 0. The third-order valence-electron chi connectivity index (χ3n) is 3.11. The molecule has 1 aromatic carbocycles. The largest absolute Gasteiger partial charge is 0.490 e. The SMILES string of the molecule is CC(C)CNCc1ccc(OCCc2ccsc2)c(F)c1. The van der Waals surface area contributed by atoms with Gasteiger partial charge in [0.15, 0.2) is 11.6 Å². The van der Waals surface area contributed by atoms with Gasteiger partial charge >= 0.3 is 0 Å². The molecule has 0 aliphatic carbocycles. The van der Waals surface area contributed by atoms with Crippen LogP contribution in [0.25, 0.3) is 0 Å². The van der Waals surface area contributed by atoms with Crippen molar-refractivity contribution in [2.45, 2.75) is 26.8 Å². The lowest BCUT2D eigenvalue weighted by molar-refractivity contribution is 0.305. The molecule has 0 aliphatic rings. The molecular weight excluding hydrogens is 285 g/mol. The van der Waals surface area contributed by atoms with Gasteiger partial charge in [-0.05, 0) is 52.5 Å². The minimum absolute atomic E-state index is 0.288. The normalized spacial score (nSPS) is 11.0. The van der Waals surface area contributed by atoms with Crippen LogP contribution < -0.4 is 10.1 Å². The molecule has 0 spiro atoms. The molecule has 2 aromatic rings. The molecule has 0 radical (unpaired) electrons. The molecule has 0 amide bonds. The van der Waals surface area contributed by atoms with E-state index in [-0.39, 0.29) is 5.82 Å². The van der Waals surface area contributed by atoms with Gasteiger partial charge in [-0.3, -0.25) is 0 Å². The van der Waals surface area contributed by atoms with E-state index in [1.165, 1.54) is 5.56 Å². The average molecular weight is 307 g/mol. The first kappa shape index (κ1) is 16.0. The maximum Gasteiger partial charge on any atom is 0.165 e. The lowest BCUT2D eigenvalue weighted by atomic mass is 10.2. The standard InChI is InChI=1S/C17H22FNOS/c1-13(2)10-19-11-15-3-4-17(16(18)9-15)20-7-5-14-6-8-21-12-14/h3-4,6,8-9,12-13,19H,5,7,10-11H2,1-2H3. The van der Waals surface area contributed by atoms with Gasteiger partial charge in [0, 0.05) is 13.0 Å². The summed E-state index contributed by atoms with van der Waals surface area (Å²) in [5, 5.41) is 7.43. The minimum Gasteiger partial charge on any atom is -0.490 e. The van der Waals surface area contributed by atoms with E-state index in [4.69, 9.17) is 4.74 Å². The number of hydrogen-bond donors (Lipinski definition) is 1. The van der Waals surface area contributed by atoms with Crippen molar-refractivity contribution >= 4 is 11.3 Å². The Balaban J connectivity index is 1.81.